The Labute approximate surface area is 226 Å². The van der Waals surface area contributed by atoms with Crippen LogP contribution in [0.4, 0.5) is 4.39 Å². The van der Waals surface area contributed by atoms with Gasteiger partial charge in [0.05, 0.1) is 12.2 Å². The quantitative estimate of drug-likeness (QED) is 0.366. The summed E-state index contributed by atoms with van der Waals surface area (Å²) in [5.41, 5.74) is 1.87. The molecule has 0 aliphatic carbocycles. The maximum atomic E-state index is 13.9. The Balaban J connectivity index is 1.40. The number of pyridine rings is 1. The predicted octanol–water partition coefficient (Wildman–Crippen LogP) is 3.64. The molecule has 2 aromatic heterocycles. The molecule has 2 saturated heterocycles. The summed E-state index contributed by atoms with van der Waals surface area (Å²) in [7, 11) is 0. The van der Waals surface area contributed by atoms with Gasteiger partial charge in [0.2, 0.25) is 5.88 Å². The van der Waals surface area contributed by atoms with Crippen molar-refractivity contribution in [3.63, 3.8) is 0 Å². The van der Waals surface area contributed by atoms with E-state index >= 15 is 0 Å². The van der Waals surface area contributed by atoms with Gasteiger partial charge in [0, 0.05) is 56.4 Å². The Hall–Kier alpha value is -3.79. The van der Waals surface area contributed by atoms with Crippen LogP contribution in [0, 0.1) is 5.82 Å². The van der Waals surface area contributed by atoms with Crippen LogP contribution in [0.5, 0.6) is 5.88 Å². The SMILES string of the molecule is CCOc1nc2[nH]cc(C(=O)C(=O)N3CCCC3)c2cc1C(=O)N1CC(C)N(Cc2ccc(F)cc2)CC1C. The third kappa shape index (κ3) is 5.38. The Kier molecular flexibility index (Phi) is 7.65. The number of rotatable bonds is 7. The molecule has 5 rings (SSSR count). The summed E-state index contributed by atoms with van der Waals surface area (Å²) in [6.07, 6.45) is 3.26. The van der Waals surface area contributed by atoms with Gasteiger partial charge in [-0.25, -0.2) is 4.39 Å². The van der Waals surface area contributed by atoms with Crippen LogP contribution >= 0.6 is 0 Å². The molecule has 39 heavy (non-hydrogen) atoms. The molecule has 2 amide bonds. The number of carbonyl (C=O) groups is 3. The topological polar surface area (TPSA) is 98.8 Å². The number of hydrogen-bond donors (Lipinski definition) is 1. The second-order valence-electron chi connectivity index (χ2n) is 10.4. The first-order valence-corrected chi connectivity index (χ1v) is 13.5. The zero-order valence-corrected chi connectivity index (χ0v) is 22.6. The molecular weight excluding hydrogens is 501 g/mol. The van der Waals surface area contributed by atoms with Gasteiger partial charge in [-0.05, 0) is 57.4 Å². The second-order valence-corrected chi connectivity index (χ2v) is 10.4. The molecule has 9 nitrogen and oxygen atoms in total. The molecule has 10 heteroatoms. The number of likely N-dealkylation sites (tertiary alicyclic amines) is 1. The van der Waals surface area contributed by atoms with Gasteiger partial charge in [-0.15, -0.1) is 0 Å². The van der Waals surface area contributed by atoms with Crippen LogP contribution in [0.2, 0.25) is 0 Å². The van der Waals surface area contributed by atoms with E-state index in [0.717, 1.165) is 18.4 Å². The van der Waals surface area contributed by atoms with Crippen molar-refractivity contribution in [2.75, 3.05) is 32.8 Å². The van der Waals surface area contributed by atoms with E-state index in [1.807, 2.05) is 13.8 Å². The van der Waals surface area contributed by atoms with Crippen molar-refractivity contribution < 1.29 is 23.5 Å². The molecule has 4 heterocycles. The van der Waals surface area contributed by atoms with E-state index < -0.39 is 11.7 Å². The number of hydrogen-bond acceptors (Lipinski definition) is 6. The maximum Gasteiger partial charge on any atom is 0.295 e. The number of Topliss-reactive ketones (excluding diaryl/α,β-unsaturated/α-hetero) is 1. The van der Waals surface area contributed by atoms with Gasteiger partial charge in [-0.1, -0.05) is 12.1 Å². The summed E-state index contributed by atoms with van der Waals surface area (Å²) in [5, 5.41) is 0.426. The predicted molar refractivity (Wildman–Crippen MR) is 144 cm³/mol. The first-order valence-electron chi connectivity index (χ1n) is 13.5. The summed E-state index contributed by atoms with van der Waals surface area (Å²) in [5.74, 6) is -1.45. The fraction of sp³-hybridized carbons (Fsp3) is 0.448. The minimum atomic E-state index is -0.607. The first kappa shape index (κ1) is 26.8. The van der Waals surface area contributed by atoms with Crippen molar-refractivity contribution in [2.24, 2.45) is 0 Å². The number of H-pyrrole nitrogens is 1. The Morgan fingerprint density at radius 1 is 1.05 bits per heavy atom. The fourth-order valence-corrected chi connectivity index (χ4v) is 5.48. The highest BCUT2D eigenvalue weighted by Crippen LogP contribution is 2.29. The van der Waals surface area contributed by atoms with E-state index in [0.29, 0.717) is 50.4 Å². The van der Waals surface area contributed by atoms with Crippen molar-refractivity contribution >= 4 is 28.6 Å². The van der Waals surface area contributed by atoms with Crippen LogP contribution in [-0.4, -0.2) is 87.1 Å². The number of fused-ring (bicyclic) bond motifs is 1. The summed E-state index contributed by atoms with van der Waals surface area (Å²) in [4.78, 5) is 53.0. The van der Waals surface area contributed by atoms with E-state index in [-0.39, 0.29) is 40.8 Å². The third-order valence-electron chi connectivity index (χ3n) is 7.65. The van der Waals surface area contributed by atoms with Crippen LogP contribution < -0.4 is 4.74 Å². The third-order valence-corrected chi connectivity index (χ3v) is 7.65. The zero-order chi connectivity index (χ0) is 27.7. The number of amides is 2. The van der Waals surface area contributed by atoms with Crippen LogP contribution in [0.3, 0.4) is 0 Å². The van der Waals surface area contributed by atoms with Crippen LogP contribution in [0.1, 0.15) is 59.9 Å². The Morgan fingerprint density at radius 3 is 2.46 bits per heavy atom. The molecule has 0 radical (unpaired) electrons. The number of nitrogens with one attached hydrogen (secondary N) is 1. The number of halogens is 1. The lowest BCUT2D eigenvalue weighted by Gasteiger charge is -2.44. The molecule has 1 aromatic carbocycles. The number of aromatic amines is 1. The number of nitrogens with zero attached hydrogens (tertiary/aromatic N) is 4. The minimum Gasteiger partial charge on any atom is -0.477 e. The van der Waals surface area contributed by atoms with Gasteiger partial charge in [-0.2, -0.15) is 4.98 Å². The van der Waals surface area contributed by atoms with Gasteiger partial charge < -0.3 is 19.5 Å². The van der Waals surface area contributed by atoms with Crippen LogP contribution in [0.25, 0.3) is 11.0 Å². The van der Waals surface area contributed by atoms with Gasteiger partial charge >= 0.3 is 0 Å². The standard InChI is InChI=1S/C29H34FN5O4/c1-4-39-27-23(13-22-24(14-31-26(22)32-27)25(36)29(38)33-11-5-6-12-33)28(37)35-16-18(2)34(15-19(35)3)17-20-7-9-21(30)10-8-20/h7-10,13-14,18-19H,4-6,11-12,15-17H2,1-3H3,(H,31,32). The second kappa shape index (κ2) is 11.1. The van der Waals surface area contributed by atoms with E-state index in [2.05, 4.69) is 21.8 Å². The van der Waals surface area contributed by atoms with Gasteiger partial charge in [0.15, 0.2) is 0 Å². The van der Waals surface area contributed by atoms with Crippen LogP contribution in [0.15, 0.2) is 36.5 Å². The average Bonchev–Trinajstić information content (AvgIpc) is 3.61. The lowest BCUT2D eigenvalue weighted by Crippen LogP contribution is -2.57. The lowest BCUT2D eigenvalue weighted by atomic mass is 10.0. The molecular formula is C29H34FN5O4. The van der Waals surface area contributed by atoms with Crippen molar-refractivity contribution in [1.29, 1.82) is 0 Å². The fourth-order valence-electron chi connectivity index (χ4n) is 5.48. The van der Waals surface area contributed by atoms with Gasteiger partial charge in [0.1, 0.15) is 17.0 Å². The highest BCUT2D eigenvalue weighted by molar-refractivity contribution is 6.44. The van der Waals surface area contributed by atoms with Crippen molar-refractivity contribution in [3.05, 3.63) is 59.0 Å². The smallest absolute Gasteiger partial charge is 0.295 e. The highest BCUT2D eigenvalue weighted by Gasteiger charge is 2.35. The summed E-state index contributed by atoms with van der Waals surface area (Å²) in [6.45, 7) is 9.12. The average molecular weight is 536 g/mol. The monoisotopic (exact) mass is 535 g/mol. The molecule has 2 fully saturated rings. The molecule has 3 aromatic rings. The van der Waals surface area contributed by atoms with Crippen molar-refractivity contribution in [1.82, 2.24) is 24.7 Å². The molecule has 2 atom stereocenters. The molecule has 0 saturated carbocycles. The Bertz CT molecular complexity index is 1380. The molecule has 2 aliphatic rings. The molecule has 0 bridgehead atoms. The number of piperazine rings is 1. The van der Waals surface area contributed by atoms with Gasteiger partial charge in [-0.3, -0.25) is 19.3 Å². The number of ketones is 1. The lowest BCUT2D eigenvalue weighted by molar-refractivity contribution is -0.125. The van der Waals surface area contributed by atoms with Crippen LogP contribution in [-0.2, 0) is 11.3 Å². The molecule has 0 spiro atoms. The van der Waals surface area contributed by atoms with Crippen molar-refractivity contribution in [3.8, 4) is 5.88 Å². The first-order chi connectivity index (χ1) is 18.8. The number of aromatic nitrogens is 2. The molecule has 2 unspecified atom stereocenters. The maximum absolute atomic E-state index is 13.9. The van der Waals surface area contributed by atoms with E-state index in [1.165, 1.54) is 18.3 Å². The highest BCUT2D eigenvalue weighted by atomic mass is 19.1. The van der Waals surface area contributed by atoms with E-state index in [9.17, 15) is 18.8 Å². The van der Waals surface area contributed by atoms with Crippen molar-refractivity contribution in [2.45, 2.75) is 52.2 Å². The number of benzene rings is 1. The molecule has 1 N–H and O–H groups in total. The Morgan fingerprint density at radius 2 is 1.77 bits per heavy atom. The molecule has 2 aliphatic heterocycles. The van der Waals surface area contributed by atoms with Gasteiger partial charge in [0.25, 0.3) is 17.6 Å². The normalized spacial score (nSPS) is 20.0. The summed E-state index contributed by atoms with van der Waals surface area (Å²) >= 11 is 0. The molecule has 206 valence electrons. The summed E-state index contributed by atoms with van der Waals surface area (Å²) < 4.78 is 19.1. The largest absolute Gasteiger partial charge is 0.477 e. The number of ether oxygens (including phenoxy) is 1. The number of carbonyl (C=O) groups excluding carboxylic acids is 3. The van der Waals surface area contributed by atoms with E-state index in [1.54, 1.807) is 28.0 Å². The zero-order valence-electron chi connectivity index (χ0n) is 22.6. The summed E-state index contributed by atoms with van der Waals surface area (Å²) in [6, 6.07) is 8.06. The van der Waals surface area contributed by atoms with E-state index in [4.69, 9.17) is 4.74 Å². The minimum absolute atomic E-state index is 0.0601.